The number of hydrogen-bond donors (Lipinski definition) is 1. The molecule has 0 fully saturated rings. The van der Waals surface area contributed by atoms with Crippen LogP contribution >= 0.6 is 0 Å². The molecule has 1 amide bonds. The second-order valence-electron chi connectivity index (χ2n) is 3.95. The van der Waals surface area contributed by atoms with Crippen LogP contribution in [0.3, 0.4) is 0 Å². The molecule has 94 valence electrons. The first kappa shape index (κ1) is 12.3. The Morgan fingerprint density at radius 2 is 2.06 bits per heavy atom. The molecule has 0 radical (unpaired) electrons. The number of halogens is 1. The third-order valence-corrected chi connectivity index (χ3v) is 2.54. The second-order valence-corrected chi connectivity index (χ2v) is 3.95. The minimum Gasteiger partial charge on any atom is -0.321 e. The molecule has 2 aromatic rings. The zero-order valence-electron chi connectivity index (χ0n) is 10.3. The number of hydrogen-bond acceptors (Lipinski definition) is 2. The van der Waals surface area contributed by atoms with E-state index in [1.807, 2.05) is 13.8 Å². The summed E-state index contributed by atoms with van der Waals surface area (Å²) in [6.45, 7) is 4.38. The largest absolute Gasteiger partial charge is 0.321 e. The van der Waals surface area contributed by atoms with E-state index in [1.165, 1.54) is 24.3 Å². The molecule has 0 aliphatic heterocycles. The lowest BCUT2D eigenvalue weighted by Gasteiger charge is -2.06. The molecule has 0 saturated heterocycles. The molecule has 4 nitrogen and oxygen atoms in total. The van der Waals surface area contributed by atoms with E-state index in [0.717, 1.165) is 5.69 Å². The number of rotatable bonds is 3. The van der Waals surface area contributed by atoms with E-state index in [9.17, 15) is 9.18 Å². The molecule has 0 spiro atoms. The fourth-order valence-electron chi connectivity index (χ4n) is 1.70. The number of amides is 1. The van der Waals surface area contributed by atoms with Crippen molar-refractivity contribution in [2.75, 3.05) is 5.32 Å². The summed E-state index contributed by atoms with van der Waals surface area (Å²) < 4.78 is 14.4. The van der Waals surface area contributed by atoms with E-state index in [2.05, 4.69) is 10.4 Å². The maximum Gasteiger partial charge on any atom is 0.273 e. The van der Waals surface area contributed by atoms with Crippen molar-refractivity contribution in [1.82, 2.24) is 9.78 Å². The van der Waals surface area contributed by atoms with Gasteiger partial charge < -0.3 is 5.32 Å². The van der Waals surface area contributed by atoms with Gasteiger partial charge in [0, 0.05) is 12.2 Å². The number of benzene rings is 1. The van der Waals surface area contributed by atoms with Crippen LogP contribution in [0, 0.1) is 12.7 Å². The van der Waals surface area contributed by atoms with Gasteiger partial charge in [-0.1, -0.05) is 0 Å². The summed E-state index contributed by atoms with van der Waals surface area (Å²) in [5.74, 6) is -0.577. The minimum atomic E-state index is -0.331. The summed E-state index contributed by atoms with van der Waals surface area (Å²) in [4.78, 5) is 12.0. The average Bonchev–Trinajstić information content (AvgIpc) is 2.73. The van der Waals surface area contributed by atoms with Crippen molar-refractivity contribution >= 4 is 11.6 Å². The van der Waals surface area contributed by atoms with Gasteiger partial charge in [0.1, 0.15) is 11.5 Å². The quantitative estimate of drug-likeness (QED) is 0.906. The molecule has 5 heteroatoms. The lowest BCUT2D eigenvalue weighted by Crippen LogP contribution is -2.17. The molecule has 0 saturated carbocycles. The van der Waals surface area contributed by atoms with E-state index in [0.29, 0.717) is 17.9 Å². The molecular weight excluding hydrogens is 233 g/mol. The number of carbonyl (C=O) groups excluding carboxylic acids is 1. The number of aromatic nitrogens is 2. The van der Waals surface area contributed by atoms with E-state index < -0.39 is 0 Å². The maximum atomic E-state index is 12.7. The number of nitrogens with one attached hydrogen (secondary N) is 1. The smallest absolute Gasteiger partial charge is 0.273 e. The number of carbonyl (C=O) groups is 1. The monoisotopic (exact) mass is 247 g/mol. The topological polar surface area (TPSA) is 46.9 Å². The van der Waals surface area contributed by atoms with Crippen molar-refractivity contribution in [1.29, 1.82) is 0 Å². The van der Waals surface area contributed by atoms with Gasteiger partial charge in [0.25, 0.3) is 5.91 Å². The number of nitrogens with zero attached hydrogens (tertiary/aromatic N) is 2. The molecule has 0 aliphatic rings. The van der Waals surface area contributed by atoms with Gasteiger partial charge in [0.05, 0.1) is 5.69 Å². The van der Waals surface area contributed by atoms with Crippen molar-refractivity contribution in [3.8, 4) is 0 Å². The summed E-state index contributed by atoms with van der Waals surface area (Å²) in [5, 5.41) is 6.91. The van der Waals surface area contributed by atoms with Crippen molar-refractivity contribution in [2.24, 2.45) is 0 Å². The fourth-order valence-corrected chi connectivity index (χ4v) is 1.70. The van der Waals surface area contributed by atoms with Crippen LogP contribution in [0.2, 0.25) is 0 Å². The molecule has 0 unspecified atom stereocenters. The Hall–Kier alpha value is -2.17. The highest BCUT2D eigenvalue weighted by Crippen LogP contribution is 2.11. The van der Waals surface area contributed by atoms with Crippen molar-refractivity contribution in [3.63, 3.8) is 0 Å². The Kier molecular flexibility index (Phi) is 3.41. The molecular formula is C13H14FN3O. The molecule has 18 heavy (non-hydrogen) atoms. The number of anilines is 1. The summed E-state index contributed by atoms with van der Waals surface area (Å²) in [5.41, 5.74) is 1.85. The molecule has 2 rings (SSSR count). The van der Waals surface area contributed by atoms with Gasteiger partial charge in [-0.2, -0.15) is 5.10 Å². The van der Waals surface area contributed by atoms with Crippen LogP contribution in [-0.4, -0.2) is 15.7 Å². The fraction of sp³-hybridized carbons (Fsp3) is 0.231. The summed E-state index contributed by atoms with van der Waals surface area (Å²) in [7, 11) is 0. The molecule has 0 aliphatic carbocycles. The summed E-state index contributed by atoms with van der Waals surface area (Å²) in [6, 6.07) is 7.37. The first-order valence-corrected chi connectivity index (χ1v) is 5.71. The van der Waals surface area contributed by atoms with Gasteiger partial charge in [-0.25, -0.2) is 4.39 Å². The zero-order chi connectivity index (χ0) is 13.1. The summed E-state index contributed by atoms with van der Waals surface area (Å²) in [6.07, 6.45) is 0. The Labute approximate surface area is 104 Å². The van der Waals surface area contributed by atoms with Crippen LogP contribution in [0.25, 0.3) is 0 Å². The first-order valence-electron chi connectivity index (χ1n) is 5.71. The highest BCUT2D eigenvalue weighted by molar-refractivity contribution is 6.03. The Balaban J connectivity index is 2.19. The van der Waals surface area contributed by atoms with Gasteiger partial charge in [0.2, 0.25) is 0 Å². The average molecular weight is 247 g/mol. The summed E-state index contributed by atoms with van der Waals surface area (Å²) >= 11 is 0. The van der Waals surface area contributed by atoms with Crippen molar-refractivity contribution in [2.45, 2.75) is 20.4 Å². The third-order valence-electron chi connectivity index (χ3n) is 2.54. The zero-order valence-corrected chi connectivity index (χ0v) is 10.3. The number of aryl methyl sites for hydroxylation is 2. The van der Waals surface area contributed by atoms with Crippen LogP contribution in [0.5, 0.6) is 0 Å². The minimum absolute atomic E-state index is 0.246. The SMILES string of the molecule is CCn1nc(C)cc1C(=O)Nc1ccc(F)cc1. The van der Waals surface area contributed by atoms with Crippen LogP contribution < -0.4 is 5.32 Å². The molecule has 1 aromatic heterocycles. The highest BCUT2D eigenvalue weighted by Gasteiger charge is 2.13. The van der Waals surface area contributed by atoms with Gasteiger partial charge in [0.15, 0.2) is 0 Å². The molecule has 0 atom stereocenters. The van der Waals surface area contributed by atoms with Crippen LogP contribution in [-0.2, 0) is 6.54 Å². The van der Waals surface area contributed by atoms with Gasteiger partial charge in [-0.15, -0.1) is 0 Å². The van der Waals surface area contributed by atoms with Crippen molar-refractivity contribution in [3.05, 3.63) is 47.5 Å². The third kappa shape index (κ3) is 2.56. The predicted molar refractivity (Wildman–Crippen MR) is 67.0 cm³/mol. The predicted octanol–water partition coefficient (Wildman–Crippen LogP) is 2.60. The van der Waals surface area contributed by atoms with E-state index >= 15 is 0 Å². The second kappa shape index (κ2) is 5.00. The normalized spacial score (nSPS) is 10.4. The maximum absolute atomic E-state index is 12.7. The molecule has 1 aromatic carbocycles. The Bertz CT molecular complexity index is 560. The van der Waals surface area contributed by atoms with Crippen LogP contribution in [0.15, 0.2) is 30.3 Å². The standard InChI is InChI=1S/C13H14FN3O/c1-3-17-12(8-9(2)16-17)13(18)15-11-6-4-10(14)5-7-11/h4-8H,3H2,1-2H3,(H,15,18). The Morgan fingerprint density at radius 1 is 1.39 bits per heavy atom. The van der Waals surface area contributed by atoms with E-state index in [1.54, 1.807) is 10.7 Å². The Morgan fingerprint density at radius 3 is 2.67 bits per heavy atom. The van der Waals surface area contributed by atoms with Crippen molar-refractivity contribution < 1.29 is 9.18 Å². The van der Waals surface area contributed by atoms with Gasteiger partial charge in [-0.3, -0.25) is 9.48 Å². The van der Waals surface area contributed by atoms with Crippen LogP contribution in [0.4, 0.5) is 10.1 Å². The first-order chi connectivity index (χ1) is 8.60. The molecule has 1 N–H and O–H groups in total. The highest BCUT2D eigenvalue weighted by atomic mass is 19.1. The van der Waals surface area contributed by atoms with E-state index in [4.69, 9.17) is 0 Å². The molecule has 0 bridgehead atoms. The lowest BCUT2D eigenvalue weighted by atomic mass is 10.3. The van der Waals surface area contributed by atoms with Crippen LogP contribution in [0.1, 0.15) is 23.1 Å². The lowest BCUT2D eigenvalue weighted by molar-refractivity contribution is 0.101. The van der Waals surface area contributed by atoms with E-state index in [-0.39, 0.29) is 11.7 Å². The van der Waals surface area contributed by atoms with Gasteiger partial charge >= 0.3 is 0 Å². The van der Waals surface area contributed by atoms with Gasteiger partial charge in [-0.05, 0) is 44.2 Å². The molecule has 1 heterocycles.